The molecule has 0 saturated carbocycles. The van der Waals surface area contributed by atoms with Gasteiger partial charge in [-0.2, -0.15) is 0 Å². The van der Waals surface area contributed by atoms with E-state index in [2.05, 4.69) is 0 Å². The van der Waals surface area contributed by atoms with Gasteiger partial charge in [0.1, 0.15) is 23.5 Å². The third kappa shape index (κ3) is 3.68. The topological polar surface area (TPSA) is 35.2 Å². The molecule has 106 valence electrons. The van der Waals surface area contributed by atoms with Gasteiger partial charge in [0.25, 0.3) is 0 Å². The van der Waals surface area contributed by atoms with Gasteiger partial charge in [-0.15, -0.1) is 0 Å². The third-order valence-corrected chi connectivity index (χ3v) is 3.03. The molecule has 20 heavy (non-hydrogen) atoms. The highest BCUT2D eigenvalue weighted by Crippen LogP contribution is 2.26. The van der Waals surface area contributed by atoms with E-state index in [1.54, 1.807) is 31.2 Å². The number of ether oxygens (including phenoxy) is 1. The Hall–Kier alpha value is -1.65. The fourth-order valence-electron chi connectivity index (χ4n) is 1.87. The van der Waals surface area contributed by atoms with Gasteiger partial charge in [-0.1, -0.05) is 23.7 Å². The maximum absolute atomic E-state index is 13.2. The summed E-state index contributed by atoms with van der Waals surface area (Å²) in [6.07, 6.45) is -0.520. The van der Waals surface area contributed by atoms with Crippen LogP contribution >= 0.6 is 11.6 Å². The van der Waals surface area contributed by atoms with Crippen molar-refractivity contribution in [2.45, 2.75) is 19.1 Å². The minimum Gasteiger partial charge on any atom is -0.484 e. The van der Waals surface area contributed by atoms with E-state index in [1.165, 1.54) is 0 Å². The highest BCUT2D eigenvalue weighted by atomic mass is 35.5. The lowest BCUT2D eigenvalue weighted by Crippen LogP contribution is -2.29. The zero-order valence-corrected chi connectivity index (χ0v) is 11.6. The summed E-state index contributed by atoms with van der Waals surface area (Å²) in [4.78, 5) is 0. The lowest BCUT2D eigenvalue weighted by Gasteiger charge is -2.23. The van der Waals surface area contributed by atoms with Crippen LogP contribution in [0.3, 0.4) is 0 Å². The van der Waals surface area contributed by atoms with E-state index >= 15 is 0 Å². The molecule has 0 spiro atoms. The Morgan fingerprint density at radius 1 is 1.05 bits per heavy atom. The second-order valence-electron chi connectivity index (χ2n) is 4.55. The summed E-state index contributed by atoms with van der Waals surface area (Å²) in [5, 5.41) is 0.592. The van der Waals surface area contributed by atoms with Crippen molar-refractivity contribution in [3.05, 3.63) is 64.7 Å². The Bertz CT molecular complexity index is 567. The SMILES string of the molecule is CC(N)C(Oc1cc(F)cc(F)c1)c1ccc(Cl)cc1. The molecule has 2 aromatic carbocycles. The minimum absolute atomic E-state index is 0.0970. The summed E-state index contributed by atoms with van der Waals surface area (Å²) >= 11 is 5.83. The maximum Gasteiger partial charge on any atom is 0.138 e. The summed E-state index contributed by atoms with van der Waals surface area (Å²) in [5.41, 5.74) is 6.67. The van der Waals surface area contributed by atoms with Gasteiger partial charge >= 0.3 is 0 Å². The molecular formula is C15H14ClF2NO. The van der Waals surface area contributed by atoms with Crippen LogP contribution < -0.4 is 10.5 Å². The van der Waals surface area contributed by atoms with Crippen LogP contribution in [0.5, 0.6) is 5.75 Å². The normalized spacial score (nSPS) is 13.8. The van der Waals surface area contributed by atoms with Crippen LogP contribution in [0.2, 0.25) is 5.02 Å². The van der Waals surface area contributed by atoms with E-state index in [9.17, 15) is 8.78 Å². The molecule has 2 atom stereocenters. The number of halogens is 3. The van der Waals surface area contributed by atoms with Crippen LogP contribution in [-0.2, 0) is 0 Å². The van der Waals surface area contributed by atoms with Crippen molar-refractivity contribution < 1.29 is 13.5 Å². The molecule has 0 aliphatic heterocycles. The summed E-state index contributed by atoms with van der Waals surface area (Å²) in [5.74, 6) is -1.29. The first-order chi connectivity index (χ1) is 9.45. The van der Waals surface area contributed by atoms with Gasteiger partial charge < -0.3 is 10.5 Å². The van der Waals surface area contributed by atoms with Gasteiger partial charge in [0.15, 0.2) is 0 Å². The molecule has 0 saturated heterocycles. The summed E-state index contributed by atoms with van der Waals surface area (Å²) in [6, 6.07) is 9.63. The lowest BCUT2D eigenvalue weighted by molar-refractivity contribution is 0.179. The fraction of sp³-hybridized carbons (Fsp3) is 0.200. The predicted molar refractivity (Wildman–Crippen MR) is 74.8 cm³/mol. The third-order valence-electron chi connectivity index (χ3n) is 2.78. The quantitative estimate of drug-likeness (QED) is 0.922. The Morgan fingerprint density at radius 3 is 2.10 bits per heavy atom. The first-order valence-electron chi connectivity index (χ1n) is 6.09. The molecule has 2 aromatic rings. The van der Waals surface area contributed by atoms with Gasteiger partial charge in [0.05, 0.1) is 0 Å². The molecule has 2 N–H and O–H groups in total. The average molecular weight is 298 g/mol. The lowest BCUT2D eigenvalue weighted by atomic mass is 10.0. The van der Waals surface area contributed by atoms with E-state index in [-0.39, 0.29) is 11.8 Å². The fourth-order valence-corrected chi connectivity index (χ4v) is 2.00. The summed E-state index contributed by atoms with van der Waals surface area (Å²) < 4.78 is 31.9. The molecule has 0 radical (unpaired) electrons. The van der Waals surface area contributed by atoms with Crippen LogP contribution in [0.25, 0.3) is 0 Å². The van der Waals surface area contributed by atoms with Crippen molar-refractivity contribution in [1.82, 2.24) is 0 Å². The zero-order valence-electron chi connectivity index (χ0n) is 10.8. The Labute approximate surface area is 121 Å². The van der Waals surface area contributed by atoms with Crippen molar-refractivity contribution in [3.63, 3.8) is 0 Å². The molecule has 0 fully saturated rings. The molecule has 2 rings (SSSR count). The van der Waals surface area contributed by atoms with Crippen molar-refractivity contribution in [3.8, 4) is 5.75 Å². The second-order valence-corrected chi connectivity index (χ2v) is 4.99. The molecule has 0 amide bonds. The molecule has 0 bridgehead atoms. The highest BCUT2D eigenvalue weighted by Gasteiger charge is 2.19. The van der Waals surface area contributed by atoms with E-state index in [1.807, 2.05) is 0 Å². The van der Waals surface area contributed by atoms with Crippen LogP contribution in [0.1, 0.15) is 18.6 Å². The van der Waals surface area contributed by atoms with Crippen molar-refractivity contribution >= 4 is 11.6 Å². The first-order valence-corrected chi connectivity index (χ1v) is 6.47. The van der Waals surface area contributed by atoms with Crippen LogP contribution in [-0.4, -0.2) is 6.04 Å². The van der Waals surface area contributed by atoms with Crippen molar-refractivity contribution in [2.75, 3.05) is 0 Å². The molecular weight excluding hydrogens is 284 g/mol. The predicted octanol–water partition coefficient (Wildman–Crippen LogP) is 4.09. The molecule has 0 heterocycles. The van der Waals surface area contributed by atoms with Crippen LogP contribution in [0, 0.1) is 11.6 Å². The molecule has 2 unspecified atom stereocenters. The number of benzene rings is 2. The summed E-state index contributed by atoms with van der Waals surface area (Å²) in [6.45, 7) is 1.76. The Balaban J connectivity index is 2.27. The molecule has 0 aromatic heterocycles. The Morgan fingerprint density at radius 2 is 1.60 bits per heavy atom. The summed E-state index contributed by atoms with van der Waals surface area (Å²) in [7, 11) is 0. The van der Waals surface area contributed by atoms with Gasteiger partial charge in [0.2, 0.25) is 0 Å². The van der Waals surface area contributed by atoms with Gasteiger partial charge in [-0.05, 0) is 24.6 Å². The minimum atomic E-state index is -0.695. The van der Waals surface area contributed by atoms with Gasteiger partial charge in [0, 0.05) is 29.3 Å². The molecule has 0 aliphatic carbocycles. The molecule has 5 heteroatoms. The monoisotopic (exact) mass is 297 g/mol. The number of hydrogen-bond donors (Lipinski definition) is 1. The number of rotatable bonds is 4. The number of nitrogens with two attached hydrogens (primary N) is 1. The van der Waals surface area contributed by atoms with Crippen molar-refractivity contribution in [1.29, 1.82) is 0 Å². The molecule has 0 aliphatic rings. The smallest absolute Gasteiger partial charge is 0.138 e. The van der Waals surface area contributed by atoms with Crippen molar-refractivity contribution in [2.24, 2.45) is 5.73 Å². The van der Waals surface area contributed by atoms with E-state index in [4.69, 9.17) is 22.1 Å². The standard InChI is InChI=1S/C15H14ClF2NO/c1-9(19)15(10-2-4-11(16)5-3-10)20-14-7-12(17)6-13(18)8-14/h2-9,15H,19H2,1H3. The largest absolute Gasteiger partial charge is 0.484 e. The van der Waals surface area contributed by atoms with Crippen LogP contribution in [0.4, 0.5) is 8.78 Å². The maximum atomic E-state index is 13.2. The Kier molecular flexibility index (Phi) is 4.57. The second kappa shape index (κ2) is 6.20. The van der Waals surface area contributed by atoms with E-state index in [0.29, 0.717) is 5.02 Å². The van der Waals surface area contributed by atoms with E-state index in [0.717, 1.165) is 23.8 Å². The van der Waals surface area contributed by atoms with E-state index < -0.39 is 17.7 Å². The van der Waals surface area contributed by atoms with Gasteiger partial charge in [-0.3, -0.25) is 0 Å². The van der Waals surface area contributed by atoms with Gasteiger partial charge in [-0.25, -0.2) is 8.78 Å². The molecule has 2 nitrogen and oxygen atoms in total. The number of hydrogen-bond acceptors (Lipinski definition) is 2. The zero-order chi connectivity index (χ0) is 14.7. The van der Waals surface area contributed by atoms with Crippen LogP contribution in [0.15, 0.2) is 42.5 Å². The first kappa shape index (κ1) is 14.8. The average Bonchev–Trinajstić information content (AvgIpc) is 2.36. The highest BCUT2D eigenvalue weighted by molar-refractivity contribution is 6.30.